The molecular formula is C12H16N2O4. The van der Waals surface area contributed by atoms with Gasteiger partial charge in [-0.25, -0.2) is 4.79 Å². The van der Waals surface area contributed by atoms with Gasteiger partial charge in [-0.2, -0.15) is 0 Å². The molecule has 3 N–H and O–H groups in total. The number of amides is 2. The first-order chi connectivity index (χ1) is 8.52. The number of anilines is 1. The van der Waals surface area contributed by atoms with Crippen molar-refractivity contribution >= 4 is 17.7 Å². The molecule has 0 aliphatic rings. The average molecular weight is 252 g/mol. The van der Waals surface area contributed by atoms with Crippen LogP contribution in [0.2, 0.25) is 0 Å². The van der Waals surface area contributed by atoms with Crippen molar-refractivity contribution in [2.24, 2.45) is 0 Å². The fraction of sp³-hybridized carbons (Fsp3) is 0.333. The molecule has 1 aromatic carbocycles. The number of urea groups is 1. The van der Waals surface area contributed by atoms with E-state index in [-0.39, 0.29) is 0 Å². The van der Waals surface area contributed by atoms with Crippen molar-refractivity contribution in [3.05, 3.63) is 29.8 Å². The molecule has 0 saturated carbocycles. The number of nitrogens with one attached hydrogen (secondary N) is 2. The standard InChI is InChI=1S/C12H16N2O4/c1-8(11(15)16)13-12(17)14-10-5-3-4-9(6-10)7-18-2/h3-6,8H,7H2,1-2H3,(H,15,16)(H2,13,14,17)/t8-/m1/s1. The summed E-state index contributed by atoms with van der Waals surface area (Å²) in [6.07, 6.45) is 0. The van der Waals surface area contributed by atoms with Gasteiger partial charge in [-0.15, -0.1) is 0 Å². The van der Waals surface area contributed by atoms with E-state index in [9.17, 15) is 9.59 Å². The maximum absolute atomic E-state index is 11.5. The third-order valence-corrected chi connectivity index (χ3v) is 2.21. The Morgan fingerprint density at radius 3 is 2.78 bits per heavy atom. The fourth-order valence-corrected chi connectivity index (χ4v) is 1.33. The molecule has 0 spiro atoms. The predicted octanol–water partition coefficient (Wildman–Crippen LogP) is 1.43. The molecule has 1 atom stereocenters. The van der Waals surface area contributed by atoms with Gasteiger partial charge in [-0.05, 0) is 24.6 Å². The van der Waals surface area contributed by atoms with Crippen LogP contribution >= 0.6 is 0 Å². The molecule has 2 amide bonds. The number of rotatable bonds is 5. The second-order valence-corrected chi connectivity index (χ2v) is 3.79. The Hall–Kier alpha value is -2.08. The maximum atomic E-state index is 11.5. The van der Waals surface area contributed by atoms with Crippen molar-refractivity contribution in [2.75, 3.05) is 12.4 Å². The average Bonchev–Trinajstić information content (AvgIpc) is 2.29. The molecule has 1 rings (SSSR count). The monoisotopic (exact) mass is 252 g/mol. The lowest BCUT2D eigenvalue weighted by molar-refractivity contribution is -0.138. The van der Waals surface area contributed by atoms with E-state index in [0.29, 0.717) is 12.3 Å². The van der Waals surface area contributed by atoms with Gasteiger partial charge in [-0.1, -0.05) is 12.1 Å². The summed E-state index contributed by atoms with van der Waals surface area (Å²) in [5.41, 5.74) is 1.50. The van der Waals surface area contributed by atoms with Gasteiger partial charge in [0.15, 0.2) is 0 Å². The number of methoxy groups -OCH3 is 1. The van der Waals surface area contributed by atoms with Gasteiger partial charge in [0.05, 0.1) is 6.61 Å². The number of carbonyl (C=O) groups excluding carboxylic acids is 1. The van der Waals surface area contributed by atoms with E-state index in [1.165, 1.54) is 6.92 Å². The van der Waals surface area contributed by atoms with Gasteiger partial charge in [0.2, 0.25) is 0 Å². The zero-order valence-corrected chi connectivity index (χ0v) is 10.3. The summed E-state index contributed by atoms with van der Waals surface area (Å²) in [6.45, 7) is 1.84. The van der Waals surface area contributed by atoms with Crippen molar-refractivity contribution in [3.63, 3.8) is 0 Å². The molecule has 0 bridgehead atoms. The Kier molecular flexibility index (Phi) is 5.13. The van der Waals surface area contributed by atoms with E-state index in [1.807, 2.05) is 6.07 Å². The lowest BCUT2D eigenvalue weighted by Crippen LogP contribution is -2.40. The van der Waals surface area contributed by atoms with Crippen LogP contribution in [0.4, 0.5) is 10.5 Å². The molecule has 98 valence electrons. The van der Waals surface area contributed by atoms with E-state index in [0.717, 1.165) is 5.56 Å². The van der Waals surface area contributed by atoms with Crippen molar-refractivity contribution in [1.82, 2.24) is 5.32 Å². The van der Waals surface area contributed by atoms with Crippen LogP contribution in [-0.2, 0) is 16.1 Å². The van der Waals surface area contributed by atoms with Crippen molar-refractivity contribution in [3.8, 4) is 0 Å². The number of carboxylic acid groups (broad SMARTS) is 1. The molecule has 6 heteroatoms. The number of hydrogen-bond acceptors (Lipinski definition) is 3. The van der Waals surface area contributed by atoms with Gasteiger partial charge in [0, 0.05) is 12.8 Å². The Morgan fingerprint density at radius 1 is 1.44 bits per heavy atom. The SMILES string of the molecule is COCc1cccc(NC(=O)N[C@H](C)C(=O)O)c1. The van der Waals surface area contributed by atoms with Crippen molar-refractivity contribution < 1.29 is 19.4 Å². The highest BCUT2D eigenvalue weighted by Crippen LogP contribution is 2.11. The lowest BCUT2D eigenvalue weighted by atomic mass is 10.2. The van der Waals surface area contributed by atoms with Gasteiger partial charge >= 0.3 is 12.0 Å². The Balaban J connectivity index is 2.58. The molecular weight excluding hydrogens is 236 g/mol. The second kappa shape index (κ2) is 6.61. The minimum atomic E-state index is -1.08. The lowest BCUT2D eigenvalue weighted by Gasteiger charge is -2.11. The number of benzene rings is 1. The first-order valence-electron chi connectivity index (χ1n) is 5.41. The highest BCUT2D eigenvalue weighted by Gasteiger charge is 2.13. The molecule has 0 saturated heterocycles. The number of aliphatic carboxylic acids is 1. The van der Waals surface area contributed by atoms with Crippen LogP contribution < -0.4 is 10.6 Å². The van der Waals surface area contributed by atoms with Crippen LogP contribution in [0.5, 0.6) is 0 Å². The van der Waals surface area contributed by atoms with Crippen molar-refractivity contribution in [2.45, 2.75) is 19.6 Å². The Labute approximate surface area is 105 Å². The third kappa shape index (κ3) is 4.42. The minimum Gasteiger partial charge on any atom is -0.480 e. The summed E-state index contributed by atoms with van der Waals surface area (Å²) in [6, 6.07) is 5.63. The molecule has 0 unspecified atom stereocenters. The largest absolute Gasteiger partial charge is 0.480 e. The smallest absolute Gasteiger partial charge is 0.325 e. The summed E-state index contributed by atoms with van der Waals surface area (Å²) in [5, 5.41) is 13.5. The van der Waals surface area contributed by atoms with Crippen molar-refractivity contribution in [1.29, 1.82) is 0 Å². The fourth-order valence-electron chi connectivity index (χ4n) is 1.33. The summed E-state index contributed by atoms with van der Waals surface area (Å²) in [7, 11) is 1.58. The first-order valence-corrected chi connectivity index (χ1v) is 5.41. The molecule has 1 aromatic rings. The third-order valence-electron chi connectivity index (χ3n) is 2.21. The number of carbonyl (C=O) groups is 2. The van der Waals surface area contributed by atoms with Crippen LogP contribution in [0.25, 0.3) is 0 Å². The van der Waals surface area contributed by atoms with Crippen LogP contribution in [0.15, 0.2) is 24.3 Å². The Bertz CT molecular complexity index is 434. The van der Waals surface area contributed by atoms with E-state index in [4.69, 9.17) is 9.84 Å². The summed E-state index contributed by atoms with van der Waals surface area (Å²) in [5.74, 6) is -1.08. The molecule has 18 heavy (non-hydrogen) atoms. The number of hydrogen-bond donors (Lipinski definition) is 3. The van der Waals surface area contributed by atoms with Gasteiger partial charge in [-0.3, -0.25) is 4.79 Å². The van der Waals surface area contributed by atoms with Crippen LogP contribution in [-0.4, -0.2) is 30.3 Å². The number of carboxylic acids is 1. The first kappa shape index (κ1) is 14.0. The molecule has 0 aromatic heterocycles. The highest BCUT2D eigenvalue weighted by atomic mass is 16.5. The zero-order valence-electron chi connectivity index (χ0n) is 10.3. The number of ether oxygens (including phenoxy) is 1. The summed E-state index contributed by atoms with van der Waals surface area (Å²) < 4.78 is 4.98. The molecule has 0 aliphatic heterocycles. The van der Waals surface area contributed by atoms with Gasteiger partial charge in [0.1, 0.15) is 6.04 Å². The van der Waals surface area contributed by atoms with E-state index in [1.54, 1.807) is 25.3 Å². The van der Waals surface area contributed by atoms with Crippen LogP contribution in [0, 0.1) is 0 Å². The Morgan fingerprint density at radius 2 is 2.17 bits per heavy atom. The zero-order chi connectivity index (χ0) is 13.5. The maximum Gasteiger partial charge on any atom is 0.325 e. The van der Waals surface area contributed by atoms with Gasteiger partial charge < -0.3 is 20.5 Å². The van der Waals surface area contributed by atoms with E-state index in [2.05, 4.69) is 10.6 Å². The molecule has 0 aliphatic carbocycles. The van der Waals surface area contributed by atoms with Crippen LogP contribution in [0.1, 0.15) is 12.5 Å². The normalized spacial score (nSPS) is 11.7. The predicted molar refractivity (Wildman–Crippen MR) is 66.4 cm³/mol. The molecule has 6 nitrogen and oxygen atoms in total. The molecule has 0 heterocycles. The topological polar surface area (TPSA) is 87.7 Å². The van der Waals surface area contributed by atoms with E-state index < -0.39 is 18.0 Å². The second-order valence-electron chi connectivity index (χ2n) is 3.79. The summed E-state index contributed by atoms with van der Waals surface area (Å²) >= 11 is 0. The summed E-state index contributed by atoms with van der Waals surface area (Å²) in [4.78, 5) is 22.0. The van der Waals surface area contributed by atoms with Gasteiger partial charge in [0.25, 0.3) is 0 Å². The molecule has 0 radical (unpaired) electrons. The molecule has 0 fully saturated rings. The minimum absolute atomic E-state index is 0.447. The van der Waals surface area contributed by atoms with Crippen LogP contribution in [0.3, 0.4) is 0 Å². The van der Waals surface area contributed by atoms with E-state index >= 15 is 0 Å². The quantitative estimate of drug-likeness (QED) is 0.739. The highest BCUT2D eigenvalue weighted by molar-refractivity contribution is 5.92.